The number of nitrogen functional groups attached to an aromatic ring is 1. The first-order chi connectivity index (χ1) is 8.06. The lowest BCUT2D eigenvalue weighted by molar-refractivity contribution is 1.30. The van der Waals surface area contributed by atoms with Crippen molar-refractivity contribution in [1.29, 1.82) is 0 Å². The molecule has 0 amide bonds. The van der Waals surface area contributed by atoms with Gasteiger partial charge in [-0.1, -0.05) is 6.58 Å². The van der Waals surface area contributed by atoms with Gasteiger partial charge in [-0.2, -0.15) is 0 Å². The maximum atomic E-state index is 5.85. The predicted octanol–water partition coefficient (Wildman–Crippen LogP) is 1.60. The Morgan fingerprint density at radius 3 is 2.18 bits per heavy atom. The van der Waals surface area contributed by atoms with Gasteiger partial charge in [0.15, 0.2) is 0 Å². The summed E-state index contributed by atoms with van der Waals surface area (Å²) in [5, 5.41) is 0. The lowest BCUT2D eigenvalue weighted by atomic mass is 10.0. The summed E-state index contributed by atoms with van der Waals surface area (Å²) < 4.78 is 0. The van der Waals surface area contributed by atoms with Crippen LogP contribution in [0.25, 0.3) is 0 Å². The zero-order chi connectivity index (χ0) is 12.4. The van der Waals surface area contributed by atoms with E-state index in [4.69, 9.17) is 17.2 Å². The lowest BCUT2D eigenvalue weighted by Crippen LogP contribution is -2.17. The average molecular weight is 226 g/mol. The van der Waals surface area contributed by atoms with E-state index in [9.17, 15) is 0 Å². The summed E-state index contributed by atoms with van der Waals surface area (Å²) in [6.45, 7) is 3.78. The van der Waals surface area contributed by atoms with Crippen molar-refractivity contribution in [2.45, 2.75) is 0 Å². The van der Waals surface area contributed by atoms with Crippen LogP contribution in [-0.4, -0.2) is 5.71 Å². The quantitative estimate of drug-likeness (QED) is 0.635. The van der Waals surface area contributed by atoms with Crippen LogP contribution in [0.5, 0.6) is 0 Å². The van der Waals surface area contributed by atoms with Gasteiger partial charge in [0, 0.05) is 11.4 Å². The molecule has 4 heteroatoms. The van der Waals surface area contributed by atoms with E-state index in [1.54, 1.807) is 24.3 Å². The summed E-state index contributed by atoms with van der Waals surface area (Å²) in [7, 11) is 0. The van der Waals surface area contributed by atoms with Gasteiger partial charge in [0.2, 0.25) is 0 Å². The van der Waals surface area contributed by atoms with Crippen LogP contribution in [0, 0.1) is 0 Å². The minimum absolute atomic E-state index is 0.557. The molecule has 86 valence electrons. The topological polar surface area (TPSA) is 90.4 Å². The van der Waals surface area contributed by atoms with Crippen LogP contribution in [0.1, 0.15) is 0 Å². The van der Waals surface area contributed by atoms with E-state index >= 15 is 0 Å². The van der Waals surface area contributed by atoms with E-state index < -0.39 is 0 Å². The van der Waals surface area contributed by atoms with Gasteiger partial charge in [-0.15, -0.1) is 0 Å². The third-order valence-electron chi connectivity index (χ3n) is 2.43. The second kappa shape index (κ2) is 4.17. The molecular formula is C13H14N4. The average Bonchev–Trinajstić information content (AvgIpc) is 2.29. The first kappa shape index (κ1) is 11.0. The van der Waals surface area contributed by atoms with Gasteiger partial charge in [-0.05, 0) is 42.0 Å². The molecule has 0 radical (unpaired) electrons. The molecule has 1 aromatic rings. The van der Waals surface area contributed by atoms with E-state index in [1.165, 1.54) is 0 Å². The van der Waals surface area contributed by atoms with Crippen LogP contribution in [0.2, 0.25) is 0 Å². The Morgan fingerprint density at radius 1 is 0.882 bits per heavy atom. The van der Waals surface area contributed by atoms with Gasteiger partial charge in [-0.25, -0.2) is 4.99 Å². The van der Waals surface area contributed by atoms with Crippen LogP contribution in [-0.2, 0) is 0 Å². The van der Waals surface area contributed by atoms with E-state index in [1.807, 2.05) is 12.1 Å². The van der Waals surface area contributed by atoms with Gasteiger partial charge < -0.3 is 17.2 Å². The third-order valence-corrected chi connectivity index (χ3v) is 2.43. The van der Waals surface area contributed by atoms with Gasteiger partial charge in [-0.3, -0.25) is 0 Å². The highest BCUT2D eigenvalue weighted by molar-refractivity contribution is 6.11. The Bertz CT molecular complexity index is 547. The smallest absolute Gasteiger partial charge is 0.0887 e. The van der Waals surface area contributed by atoms with Crippen LogP contribution >= 0.6 is 0 Å². The summed E-state index contributed by atoms with van der Waals surface area (Å²) >= 11 is 0. The Balaban J connectivity index is 2.37. The second-order valence-electron chi connectivity index (χ2n) is 3.81. The van der Waals surface area contributed by atoms with Crippen molar-refractivity contribution in [1.82, 2.24) is 0 Å². The molecule has 1 aromatic carbocycles. The number of nitrogens with two attached hydrogens (primary N) is 3. The SMILES string of the molecule is C=C1C=C(N)/C(=N/c2ccc(N)cc2)C=C1N. The van der Waals surface area contributed by atoms with Gasteiger partial charge >= 0.3 is 0 Å². The molecule has 2 rings (SSSR count). The number of benzene rings is 1. The number of hydrogen-bond acceptors (Lipinski definition) is 4. The molecule has 0 unspecified atom stereocenters. The standard InChI is InChI=1S/C13H14N4/c1-8-6-12(16)13(7-11(8)15)17-10-4-2-9(14)3-5-10/h2-7H,1,14-16H2/b17-13+. The lowest BCUT2D eigenvalue weighted by Gasteiger charge is -2.12. The minimum Gasteiger partial charge on any atom is -0.399 e. The fraction of sp³-hybridized carbons (Fsp3) is 0. The van der Waals surface area contributed by atoms with E-state index in [0.29, 0.717) is 28.4 Å². The number of allylic oxidation sites excluding steroid dienone is 2. The van der Waals surface area contributed by atoms with E-state index in [2.05, 4.69) is 11.6 Å². The number of hydrogen-bond donors (Lipinski definition) is 3. The monoisotopic (exact) mass is 226 g/mol. The summed E-state index contributed by atoms with van der Waals surface area (Å²) in [5.74, 6) is 0. The zero-order valence-corrected chi connectivity index (χ0v) is 9.35. The van der Waals surface area contributed by atoms with Gasteiger partial charge in [0.05, 0.1) is 17.1 Å². The van der Waals surface area contributed by atoms with Crippen molar-refractivity contribution in [2.24, 2.45) is 16.5 Å². The fourth-order valence-electron chi connectivity index (χ4n) is 1.45. The highest BCUT2D eigenvalue weighted by atomic mass is 14.8. The van der Waals surface area contributed by atoms with Gasteiger partial charge in [0.1, 0.15) is 0 Å². The molecule has 0 aromatic heterocycles. The Kier molecular flexibility index (Phi) is 2.70. The summed E-state index contributed by atoms with van der Waals surface area (Å²) in [6.07, 6.45) is 3.43. The number of rotatable bonds is 1. The Labute approximate surface area is 99.8 Å². The molecule has 4 nitrogen and oxygen atoms in total. The van der Waals surface area contributed by atoms with Crippen molar-refractivity contribution in [3.05, 3.63) is 60.0 Å². The number of nitrogens with zero attached hydrogens (tertiary/aromatic N) is 1. The Morgan fingerprint density at radius 2 is 1.53 bits per heavy atom. The highest BCUT2D eigenvalue weighted by Crippen LogP contribution is 2.19. The maximum absolute atomic E-state index is 5.85. The van der Waals surface area contributed by atoms with Crippen molar-refractivity contribution in [3.8, 4) is 0 Å². The molecule has 17 heavy (non-hydrogen) atoms. The molecule has 1 aliphatic carbocycles. The zero-order valence-electron chi connectivity index (χ0n) is 9.35. The normalized spacial score (nSPS) is 17.9. The molecular weight excluding hydrogens is 212 g/mol. The van der Waals surface area contributed by atoms with Crippen LogP contribution < -0.4 is 17.2 Å². The molecule has 0 spiro atoms. The number of aliphatic imine (C=N–C) groups is 1. The molecule has 0 saturated carbocycles. The molecule has 0 fully saturated rings. The van der Waals surface area contributed by atoms with Crippen LogP contribution in [0.4, 0.5) is 11.4 Å². The molecule has 0 atom stereocenters. The number of anilines is 1. The Hall–Kier alpha value is -2.49. The first-order valence-corrected chi connectivity index (χ1v) is 5.14. The van der Waals surface area contributed by atoms with E-state index in [0.717, 1.165) is 5.69 Å². The molecule has 0 aliphatic heterocycles. The fourth-order valence-corrected chi connectivity index (χ4v) is 1.45. The molecule has 0 saturated heterocycles. The summed E-state index contributed by atoms with van der Waals surface area (Å²) in [5.41, 5.74) is 21.2. The van der Waals surface area contributed by atoms with Crippen molar-refractivity contribution >= 4 is 17.1 Å². The second-order valence-corrected chi connectivity index (χ2v) is 3.81. The largest absolute Gasteiger partial charge is 0.399 e. The maximum Gasteiger partial charge on any atom is 0.0887 e. The van der Waals surface area contributed by atoms with Crippen molar-refractivity contribution in [3.63, 3.8) is 0 Å². The summed E-state index contributed by atoms with van der Waals surface area (Å²) in [4.78, 5) is 4.40. The van der Waals surface area contributed by atoms with E-state index in [-0.39, 0.29) is 0 Å². The highest BCUT2D eigenvalue weighted by Gasteiger charge is 2.09. The van der Waals surface area contributed by atoms with Crippen molar-refractivity contribution in [2.75, 3.05) is 5.73 Å². The minimum atomic E-state index is 0.557. The molecule has 1 aliphatic rings. The summed E-state index contributed by atoms with van der Waals surface area (Å²) in [6, 6.07) is 7.22. The van der Waals surface area contributed by atoms with Crippen molar-refractivity contribution < 1.29 is 0 Å². The molecule has 0 heterocycles. The van der Waals surface area contributed by atoms with Gasteiger partial charge in [0.25, 0.3) is 0 Å². The molecule has 6 N–H and O–H groups in total. The van der Waals surface area contributed by atoms with Crippen LogP contribution in [0.3, 0.4) is 0 Å². The van der Waals surface area contributed by atoms with Crippen LogP contribution in [0.15, 0.2) is 65.0 Å². The molecule has 0 bridgehead atoms. The third kappa shape index (κ3) is 2.36. The first-order valence-electron chi connectivity index (χ1n) is 5.14. The predicted molar refractivity (Wildman–Crippen MR) is 71.6 cm³/mol.